The summed E-state index contributed by atoms with van der Waals surface area (Å²) in [5.74, 6) is 0.382. The summed E-state index contributed by atoms with van der Waals surface area (Å²) in [6.45, 7) is 4.84. The Labute approximate surface area is 113 Å². The molecular formula is C15H20N2O2. The molecule has 0 radical (unpaired) electrons. The van der Waals surface area contributed by atoms with Gasteiger partial charge in [-0.15, -0.1) is 0 Å². The summed E-state index contributed by atoms with van der Waals surface area (Å²) >= 11 is 0. The summed E-state index contributed by atoms with van der Waals surface area (Å²) < 4.78 is 5.22. The van der Waals surface area contributed by atoms with Crippen molar-refractivity contribution in [1.82, 2.24) is 4.90 Å². The zero-order chi connectivity index (χ0) is 13.8. The molecule has 4 nitrogen and oxygen atoms in total. The topological polar surface area (TPSA) is 32.8 Å². The highest BCUT2D eigenvalue weighted by molar-refractivity contribution is 5.71. The number of nitrogens with zero attached hydrogens (tertiary/aromatic N) is 2. The van der Waals surface area contributed by atoms with E-state index in [9.17, 15) is 4.79 Å². The molecule has 2 atom stereocenters. The molecule has 1 saturated heterocycles. The second-order valence-corrected chi connectivity index (χ2v) is 5.91. The molecule has 4 heteroatoms. The van der Waals surface area contributed by atoms with Gasteiger partial charge in [-0.05, 0) is 37.2 Å². The summed E-state index contributed by atoms with van der Waals surface area (Å²) in [6, 6.07) is 5.97. The van der Waals surface area contributed by atoms with Crippen molar-refractivity contribution in [3.63, 3.8) is 0 Å². The lowest BCUT2D eigenvalue weighted by Gasteiger charge is -2.32. The van der Waals surface area contributed by atoms with Crippen molar-refractivity contribution in [2.75, 3.05) is 25.5 Å². The Morgan fingerprint density at radius 1 is 1.42 bits per heavy atom. The van der Waals surface area contributed by atoms with Crippen LogP contribution >= 0.6 is 0 Å². The van der Waals surface area contributed by atoms with Crippen LogP contribution in [0.2, 0.25) is 0 Å². The number of fused-ring (bicyclic) bond motifs is 3. The molecule has 19 heavy (non-hydrogen) atoms. The number of carbonyl (C=O) groups excluding carboxylic acids is 1. The number of esters is 1. The smallest absolute Gasteiger partial charge is 0.308 e. The van der Waals surface area contributed by atoms with Crippen LogP contribution in [-0.4, -0.2) is 37.7 Å². The van der Waals surface area contributed by atoms with Crippen molar-refractivity contribution in [3.8, 4) is 5.75 Å². The second kappa shape index (κ2) is 3.97. The van der Waals surface area contributed by atoms with Gasteiger partial charge in [0.25, 0.3) is 0 Å². The van der Waals surface area contributed by atoms with Crippen molar-refractivity contribution in [3.05, 3.63) is 23.8 Å². The quantitative estimate of drug-likeness (QED) is 0.571. The summed E-state index contributed by atoms with van der Waals surface area (Å²) in [4.78, 5) is 15.8. The number of anilines is 1. The molecule has 2 unspecified atom stereocenters. The van der Waals surface area contributed by atoms with Gasteiger partial charge >= 0.3 is 5.97 Å². The Hall–Kier alpha value is -1.55. The van der Waals surface area contributed by atoms with Crippen LogP contribution in [0.15, 0.2) is 18.2 Å². The lowest BCUT2D eigenvalue weighted by Crippen LogP contribution is -2.45. The number of likely N-dealkylation sites (tertiary alicyclic amines) is 1. The highest BCUT2D eigenvalue weighted by Crippen LogP contribution is 2.51. The second-order valence-electron chi connectivity index (χ2n) is 5.91. The van der Waals surface area contributed by atoms with Crippen LogP contribution in [0.4, 0.5) is 5.69 Å². The van der Waals surface area contributed by atoms with Crippen molar-refractivity contribution in [2.45, 2.75) is 31.8 Å². The van der Waals surface area contributed by atoms with Gasteiger partial charge in [0, 0.05) is 31.6 Å². The molecule has 1 aromatic rings. The van der Waals surface area contributed by atoms with E-state index in [1.165, 1.54) is 18.2 Å². The minimum atomic E-state index is -0.267. The Kier molecular flexibility index (Phi) is 2.61. The molecule has 3 rings (SSSR count). The number of rotatable bonds is 1. The van der Waals surface area contributed by atoms with E-state index in [1.54, 1.807) is 0 Å². The highest BCUT2D eigenvalue weighted by Gasteiger charge is 2.52. The third-order valence-corrected chi connectivity index (χ3v) is 4.56. The van der Waals surface area contributed by atoms with E-state index in [0.717, 1.165) is 13.0 Å². The van der Waals surface area contributed by atoms with E-state index in [2.05, 4.69) is 36.9 Å². The monoisotopic (exact) mass is 260 g/mol. The van der Waals surface area contributed by atoms with Crippen LogP contribution in [0, 0.1) is 0 Å². The fraction of sp³-hybridized carbons (Fsp3) is 0.533. The first-order valence-electron chi connectivity index (χ1n) is 6.69. The van der Waals surface area contributed by atoms with E-state index >= 15 is 0 Å². The van der Waals surface area contributed by atoms with Crippen LogP contribution in [0.25, 0.3) is 0 Å². The van der Waals surface area contributed by atoms with E-state index in [1.807, 2.05) is 12.1 Å². The summed E-state index contributed by atoms with van der Waals surface area (Å²) in [5.41, 5.74) is 2.66. The molecule has 0 aliphatic carbocycles. The molecule has 1 fully saturated rings. The van der Waals surface area contributed by atoms with Crippen molar-refractivity contribution in [2.24, 2.45) is 0 Å². The van der Waals surface area contributed by atoms with Crippen LogP contribution in [-0.2, 0) is 10.2 Å². The van der Waals surface area contributed by atoms with Gasteiger partial charge < -0.3 is 9.64 Å². The van der Waals surface area contributed by atoms with Gasteiger partial charge in [-0.3, -0.25) is 9.69 Å². The zero-order valence-corrected chi connectivity index (χ0v) is 11.9. The predicted octanol–water partition coefficient (Wildman–Crippen LogP) is 1.98. The SMILES string of the molecule is CC(=O)Oc1ccc2c(c1)C1(C)CCN(C)C1N2C. The van der Waals surface area contributed by atoms with Crippen molar-refractivity contribution in [1.29, 1.82) is 0 Å². The summed E-state index contributed by atoms with van der Waals surface area (Å²) in [6.07, 6.45) is 1.53. The average molecular weight is 260 g/mol. The van der Waals surface area contributed by atoms with Gasteiger partial charge in [0.15, 0.2) is 0 Å². The number of likely N-dealkylation sites (N-methyl/N-ethyl adjacent to an activating group) is 2. The maximum atomic E-state index is 11.1. The van der Waals surface area contributed by atoms with Crippen LogP contribution in [0.5, 0.6) is 5.75 Å². The fourth-order valence-corrected chi connectivity index (χ4v) is 3.78. The van der Waals surface area contributed by atoms with Gasteiger partial charge in [-0.2, -0.15) is 0 Å². The standard InChI is InChI=1S/C15H20N2O2/c1-10(18)19-11-5-6-13-12(9-11)15(2)7-8-16(3)14(15)17(13)4/h5-6,9,14H,7-8H2,1-4H3. The largest absolute Gasteiger partial charge is 0.427 e. The van der Waals surface area contributed by atoms with Gasteiger partial charge in [-0.25, -0.2) is 0 Å². The molecule has 102 valence electrons. The van der Waals surface area contributed by atoms with Gasteiger partial charge in [0.05, 0.1) is 6.17 Å². The number of benzene rings is 1. The normalized spacial score (nSPS) is 29.3. The molecule has 1 aromatic carbocycles. The fourth-order valence-electron chi connectivity index (χ4n) is 3.78. The molecule has 0 aromatic heterocycles. The summed E-state index contributed by atoms with van der Waals surface area (Å²) in [7, 11) is 4.31. The third kappa shape index (κ3) is 1.66. The first-order valence-corrected chi connectivity index (χ1v) is 6.69. The molecule has 2 heterocycles. The number of ether oxygens (including phenoxy) is 1. The molecule has 0 spiro atoms. The third-order valence-electron chi connectivity index (χ3n) is 4.56. The van der Waals surface area contributed by atoms with Crippen molar-refractivity contribution < 1.29 is 9.53 Å². The minimum absolute atomic E-state index is 0.120. The Balaban J connectivity index is 2.06. The first kappa shape index (κ1) is 12.5. The molecule has 2 aliphatic rings. The summed E-state index contributed by atoms with van der Waals surface area (Å²) in [5, 5.41) is 0. The van der Waals surface area contributed by atoms with Crippen molar-refractivity contribution >= 4 is 11.7 Å². The number of hydrogen-bond acceptors (Lipinski definition) is 4. The first-order chi connectivity index (χ1) is 8.93. The lowest BCUT2D eigenvalue weighted by atomic mass is 9.81. The van der Waals surface area contributed by atoms with Crippen LogP contribution in [0.3, 0.4) is 0 Å². The number of carbonyl (C=O) groups is 1. The maximum absolute atomic E-state index is 11.1. The Morgan fingerprint density at radius 3 is 2.84 bits per heavy atom. The Bertz CT molecular complexity index is 543. The molecule has 2 aliphatic heterocycles. The number of hydrogen-bond donors (Lipinski definition) is 0. The molecule has 0 saturated carbocycles. The van der Waals surface area contributed by atoms with E-state index in [4.69, 9.17) is 4.74 Å². The average Bonchev–Trinajstić information content (AvgIpc) is 2.75. The molecule has 0 bridgehead atoms. The van der Waals surface area contributed by atoms with Gasteiger partial charge in [0.2, 0.25) is 0 Å². The minimum Gasteiger partial charge on any atom is -0.427 e. The Morgan fingerprint density at radius 2 is 2.16 bits per heavy atom. The van der Waals surface area contributed by atoms with Gasteiger partial charge in [-0.1, -0.05) is 6.92 Å². The van der Waals surface area contributed by atoms with Crippen LogP contribution in [0.1, 0.15) is 25.8 Å². The molecular weight excluding hydrogens is 240 g/mol. The lowest BCUT2D eigenvalue weighted by molar-refractivity contribution is -0.131. The molecule has 0 N–H and O–H groups in total. The maximum Gasteiger partial charge on any atom is 0.308 e. The van der Waals surface area contributed by atoms with Crippen LogP contribution < -0.4 is 9.64 Å². The molecule has 0 amide bonds. The highest BCUT2D eigenvalue weighted by atomic mass is 16.5. The zero-order valence-electron chi connectivity index (χ0n) is 11.9. The van der Waals surface area contributed by atoms with E-state index in [-0.39, 0.29) is 11.4 Å². The van der Waals surface area contributed by atoms with Gasteiger partial charge in [0.1, 0.15) is 5.75 Å². The van der Waals surface area contributed by atoms with E-state index < -0.39 is 0 Å². The predicted molar refractivity (Wildman–Crippen MR) is 74.5 cm³/mol. The van der Waals surface area contributed by atoms with E-state index in [0.29, 0.717) is 11.9 Å².